The van der Waals surface area contributed by atoms with Crippen molar-refractivity contribution in [1.29, 1.82) is 0 Å². The van der Waals surface area contributed by atoms with E-state index >= 15 is 0 Å². The van der Waals surface area contributed by atoms with E-state index in [0.29, 0.717) is 17.2 Å². The van der Waals surface area contributed by atoms with E-state index in [1.807, 2.05) is 74.5 Å². The summed E-state index contributed by atoms with van der Waals surface area (Å²) in [6.07, 6.45) is 0. The molecule has 0 saturated heterocycles. The third-order valence-corrected chi connectivity index (χ3v) is 3.80. The van der Waals surface area contributed by atoms with Gasteiger partial charge < -0.3 is 15.3 Å². The molecule has 0 heterocycles. The van der Waals surface area contributed by atoms with Gasteiger partial charge in [-0.05, 0) is 55.1 Å². The minimum atomic E-state index is 0.329. The van der Waals surface area contributed by atoms with E-state index in [4.69, 9.17) is 10.2 Å². The van der Waals surface area contributed by atoms with Gasteiger partial charge in [0.05, 0.1) is 0 Å². The normalized spacial score (nSPS) is 9.56. The van der Waals surface area contributed by atoms with E-state index in [9.17, 15) is 5.11 Å². The fourth-order valence-corrected chi connectivity index (χ4v) is 2.38. The highest BCUT2D eigenvalue weighted by Crippen LogP contribution is 2.22. The van der Waals surface area contributed by atoms with Crippen molar-refractivity contribution in [3.8, 4) is 17.2 Å². The van der Waals surface area contributed by atoms with Crippen molar-refractivity contribution < 1.29 is 15.3 Å². The van der Waals surface area contributed by atoms with Crippen LogP contribution in [0.1, 0.15) is 11.1 Å². The number of fused-ring (bicyclic) bond motifs is 1. The highest BCUT2D eigenvalue weighted by Gasteiger charge is 1.94. The van der Waals surface area contributed by atoms with E-state index in [0.717, 1.165) is 16.3 Å². The summed E-state index contributed by atoms with van der Waals surface area (Å²) in [5.74, 6) is 1.02. The van der Waals surface area contributed by atoms with Crippen molar-refractivity contribution in [2.24, 2.45) is 0 Å². The Hall–Kier alpha value is -3.46. The summed E-state index contributed by atoms with van der Waals surface area (Å²) >= 11 is 0. The van der Waals surface area contributed by atoms with Crippen LogP contribution in [0.25, 0.3) is 10.8 Å². The van der Waals surface area contributed by atoms with Crippen LogP contribution in [0.2, 0.25) is 0 Å². The molecule has 27 heavy (non-hydrogen) atoms. The summed E-state index contributed by atoms with van der Waals surface area (Å²) in [5.41, 5.74) is 2.26. The van der Waals surface area contributed by atoms with Crippen LogP contribution in [0.15, 0.2) is 91.0 Å². The molecule has 0 amide bonds. The summed E-state index contributed by atoms with van der Waals surface area (Å²) in [6, 6.07) is 27.5. The third kappa shape index (κ3) is 6.75. The summed E-state index contributed by atoms with van der Waals surface area (Å²) in [6.45, 7) is 3.93. The van der Waals surface area contributed by atoms with Crippen molar-refractivity contribution >= 4 is 10.8 Å². The minimum absolute atomic E-state index is 0.329. The number of hydrogen-bond donors (Lipinski definition) is 3. The molecule has 0 spiro atoms. The lowest BCUT2D eigenvalue weighted by molar-refractivity contribution is 0.474. The predicted molar refractivity (Wildman–Crippen MR) is 111 cm³/mol. The number of benzene rings is 4. The molecule has 4 aromatic carbocycles. The Balaban J connectivity index is 0.000000149. The molecule has 3 nitrogen and oxygen atoms in total. The van der Waals surface area contributed by atoms with Gasteiger partial charge in [0.25, 0.3) is 0 Å². The maximum Gasteiger partial charge on any atom is 0.123 e. The average molecular weight is 360 g/mol. The molecule has 138 valence electrons. The summed E-state index contributed by atoms with van der Waals surface area (Å²) < 4.78 is 0. The predicted octanol–water partition coefficient (Wildman–Crippen LogP) is 5.95. The number of aromatic hydroxyl groups is 3. The number of phenols is 3. The van der Waals surface area contributed by atoms with E-state index < -0.39 is 0 Å². The Morgan fingerprint density at radius 1 is 0.519 bits per heavy atom. The first-order valence-electron chi connectivity index (χ1n) is 8.63. The van der Waals surface area contributed by atoms with Gasteiger partial charge in [-0.2, -0.15) is 0 Å². The van der Waals surface area contributed by atoms with Crippen LogP contribution in [0, 0.1) is 13.8 Å². The Morgan fingerprint density at radius 3 is 1.70 bits per heavy atom. The Bertz CT molecular complexity index is 932. The van der Waals surface area contributed by atoms with Crippen molar-refractivity contribution in [2.45, 2.75) is 13.8 Å². The lowest BCUT2D eigenvalue weighted by Gasteiger charge is -1.97. The van der Waals surface area contributed by atoms with Gasteiger partial charge in [-0.1, -0.05) is 66.2 Å². The summed E-state index contributed by atoms with van der Waals surface area (Å²) in [7, 11) is 0. The van der Waals surface area contributed by atoms with Gasteiger partial charge in [-0.3, -0.25) is 0 Å². The molecule has 0 unspecified atom stereocenters. The molecule has 0 radical (unpaired) electrons. The molecule has 0 fully saturated rings. The van der Waals surface area contributed by atoms with Crippen molar-refractivity contribution in [2.75, 3.05) is 0 Å². The zero-order valence-electron chi connectivity index (χ0n) is 15.5. The van der Waals surface area contributed by atoms with Crippen LogP contribution in [0.3, 0.4) is 0 Å². The number of rotatable bonds is 0. The van der Waals surface area contributed by atoms with Crippen LogP contribution < -0.4 is 0 Å². The van der Waals surface area contributed by atoms with Gasteiger partial charge in [0.2, 0.25) is 0 Å². The molecule has 4 aromatic rings. The van der Waals surface area contributed by atoms with E-state index in [2.05, 4.69) is 0 Å². The Kier molecular flexibility index (Phi) is 7.26. The summed E-state index contributed by atoms with van der Waals surface area (Å²) in [5, 5.41) is 28.9. The zero-order chi connectivity index (χ0) is 19.6. The lowest BCUT2D eigenvalue weighted by Crippen LogP contribution is -1.70. The maximum atomic E-state index is 9.37. The number of hydrogen-bond acceptors (Lipinski definition) is 3. The zero-order valence-corrected chi connectivity index (χ0v) is 15.5. The fraction of sp³-hybridized carbons (Fsp3) is 0.0833. The van der Waals surface area contributed by atoms with E-state index in [1.165, 1.54) is 5.56 Å². The monoisotopic (exact) mass is 360 g/mol. The molecular weight excluding hydrogens is 336 g/mol. The number of phenolic OH excluding ortho intramolecular Hbond substituents is 3. The molecular formula is C24H24O3. The Labute approximate surface area is 159 Å². The molecule has 0 bridgehead atoms. The van der Waals surface area contributed by atoms with Gasteiger partial charge in [0.1, 0.15) is 17.2 Å². The van der Waals surface area contributed by atoms with E-state index in [1.54, 1.807) is 30.3 Å². The second-order valence-corrected chi connectivity index (χ2v) is 6.17. The first-order chi connectivity index (χ1) is 13.0. The lowest BCUT2D eigenvalue weighted by atomic mass is 10.1. The van der Waals surface area contributed by atoms with Crippen molar-refractivity contribution in [3.63, 3.8) is 0 Å². The highest BCUT2D eigenvalue weighted by atomic mass is 16.3. The van der Waals surface area contributed by atoms with Crippen molar-refractivity contribution in [1.82, 2.24) is 0 Å². The van der Waals surface area contributed by atoms with Crippen LogP contribution in [-0.2, 0) is 0 Å². The first kappa shape index (κ1) is 19.9. The summed E-state index contributed by atoms with van der Waals surface area (Å²) in [4.78, 5) is 0. The van der Waals surface area contributed by atoms with Crippen LogP contribution in [-0.4, -0.2) is 15.3 Å². The maximum absolute atomic E-state index is 9.37. The van der Waals surface area contributed by atoms with Crippen LogP contribution in [0.5, 0.6) is 17.2 Å². The topological polar surface area (TPSA) is 60.7 Å². The van der Waals surface area contributed by atoms with Gasteiger partial charge in [0, 0.05) is 5.39 Å². The smallest absolute Gasteiger partial charge is 0.123 e. The average Bonchev–Trinajstić information content (AvgIpc) is 2.66. The van der Waals surface area contributed by atoms with Crippen LogP contribution >= 0.6 is 0 Å². The number of aryl methyl sites for hydroxylation is 2. The molecule has 0 atom stereocenters. The van der Waals surface area contributed by atoms with Gasteiger partial charge in [0.15, 0.2) is 0 Å². The molecule has 4 rings (SSSR count). The third-order valence-electron chi connectivity index (χ3n) is 3.80. The first-order valence-corrected chi connectivity index (χ1v) is 8.63. The molecule has 0 saturated carbocycles. The molecule has 0 aliphatic heterocycles. The van der Waals surface area contributed by atoms with E-state index in [-0.39, 0.29) is 0 Å². The molecule has 0 aliphatic carbocycles. The van der Waals surface area contributed by atoms with Gasteiger partial charge in [-0.25, -0.2) is 0 Å². The highest BCUT2D eigenvalue weighted by molar-refractivity contribution is 5.87. The second kappa shape index (κ2) is 9.88. The fourth-order valence-electron chi connectivity index (χ4n) is 2.38. The molecule has 3 heteroatoms. The van der Waals surface area contributed by atoms with Crippen LogP contribution in [0.4, 0.5) is 0 Å². The molecule has 3 N–H and O–H groups in total. The standard InChI is InChI=1S/C10H8O.2C7H8O/c11-10-7-3-5-8-4-1-2-6-9(8)10;1-6-2-4-7(8)5-3-6;1-6-3-2-4-7(8)5-6/h1-7,11H;2*2-5,8H,1H3. The molecule has 0 aliphatic rings. The minimum Gasteiger partial charge on any atom is -0.508 e. The Morgan fingerprint density at radius 2 is 1.15 bits per heavy atom. The van der Waals surface area contributed by atoms with Gasteiger partial charge >= 0.3 is 0 Å². The quantitative estimate of drug-likeness (QED) is 0.363. The van der Waals surface area contributed by atoms with Crippen molar-refractivity contribution in [3.05, 3.63) is 102 Å². The largest absolute Gasteiger partial charge is 0.508 e. The SMILES string of the molecule is Cc1ccc(O)cc1.Cc1cccc(O)c1.Oc1cccc2ccccc12. The van der Waals surface area contributed by atoms with Gasteiger partial charge in [-0.15, -0.1) is 0 Å². The second-order valence-electron chi connectivity index (χ2n) is 6.17. The molecule has 0 aromatic heterocycles.